The summed E-state index contributed by atoms with van der Waals surface area (Å²) in [6, 6.07) is 0. The molecule has 10 heteroatoms. The fourth-order valence-corrected chi connectivity index (χ4v) is 4.48. The van der Waals surface area contributed by atoms with Gasteiger partial charge in [-0.2, -0.15) is 0 Å². The SMILES string of the molecule is CCCCCCCCCCCCCCCCCC(=O)OC[C@H](OC(C)=O)[C@H]1OC(=O)C(OC(C)=O)=C1OC(C)=O. The normalized spacial score (nSPS) is 15.4. The molecule has 0 unspecified atom stereocenters. The van der Waals surface area contributed by atoms with Crippen LogP contribution in [0.25, 0.3) is 0 Å². The van der Waals surface area contributed by atoms with Crippen LogP contribution >= 0.6 is 0 Å². The first kappa shape index (κ1) is 35.1. The highest BCUT2D eigenvalue weighted by Crippen LogP contribution is 2.29. The molecule has 2 atom stereocenters. The smallest absolute Gasteiger partial charge is 0.379 e. The Hall–Kier alpha value is -2.91. The van der Waals surface area contributed by atoms with Crippen LogP contribution in [0.3, 0.4) is 0 Å². The van der Waals surface area contributed by atoms with E-state index >= 15 is 0 Å². The van der Waals surface area contributed by atoms with Crippen LogP contribution in [0, 0.1) is 0 Å². The van der Waals surface area contributed by atoms with Crippen LogP contribution in [0.2, 0.25) is 0 Å². The Morgan fingerprint density at radius 1 is 0.700 bits per heavy atom. The molecular weight excluding hydrogens is 520 g/mol. The van der Waals surface area contributed by atoms with Crippen molar-refractivity contribution in [2.75, 3.05) is 6.61 Å². The summed E-state index contributed by atoms with van der Waals surface area (Å²) in [5, 5.41) is 0. The van der Waals surface area contributed by atoms with Gasteiger partial charge in [0.1, 0.15) is 6.61 Å². The first-order valence-electron chi connectivity index (χ1n) is 14.8. The number of cyclic esters (lactones) is 1. The monoisotopic (exact) mass is 568 g/mol. The van der Waals surface area contributed by atoms with Gasteiger partial charge in [0.15, 0.2) is 6.10 Å². The molecule has 1 rings (SSSR count). The molecule has 0 N–H and O–H groups in total. The van der Waals surface area contributed by atoms with Crippen LogP contribution in [-0.2, 0) is 47.7 Å². The minimum atomic E-state index is -1.42. The number of hydrogen-bond donors (Lipinski definition) is 0. The molecule has 0 bridgehead atoms. The number of rotatable bonds is 22. The van der Waals surface area contributed by atoms with Crippen molar-refractivity contribution in [2.45, 2.75) is 143 Å². The summed E-state index contributed by atoms with van der Waals surface area (Å²) in [4.78, 5) is 59.1. The third kappa shape index (κ3) is 15.6. The molecule has 1 aliphatic rings. The topological polar surface area (TPSA) is 132 Å². The van der Waals surface area contributed by atoms with E-state index in [1.54, 1.807) is 0 Å². The second-order valence-corrected chi connectivity index (χ2v) is 10.2. The Kier molecular flexibility index (Phi) is 18.4. The van der Waals surface area contributed by atoms with Crippen molar-refractivity contribution in [1.29, 1.82) is 0 Å². The molecule has 0 aromatic rings. The molecule has 0 saturated carbocycles. The van der Waals surface area contributed by atoms with Gasteiger partial charge in [-0.05, 0) is 6.42 Å². The quantitative estimate of drug-likeness (QED) is 0.0872. The minimum absolute atomic E-state index is 0.195. The number of carbonyl (C=O) groups is 5. The lowest BCUT2D eigenvalue weighted by molar-refractivity contribution is -0.171. The Morgan fingerprint density at radius 2 is 1.18 bits per heavy atom. The predicted molar refractivity (Wildman–Crippen MR) is 146 cm³/mol. The number of ether oxygens (including phenoxy) is 5. The molecule has 40 heavy (non-hydrogen) atoms. The lowest BCUT2D eigenvalue weighted by Crippen LogP contribution is -2.38. The van der Waals surface area contributed by atoms with E-state index in [9.17, 15) is 24.0 Å². The summed E-state index contributed by atoms with van der Waals surface area (Å²) in [7, 11) is 0. The fourth-order valence-electron chi connectivity index (χ4n) is 4.48. The van der Waals surface area contributed by atoms with Crippen LogP contribution in [0.5, 0.6) is 0 Å². The molecule has 0 saturated heterocycles. The summed E-state index contributed by atoms with van der Waals surface area (Å²) in [6.45, 7) is 5.07. The molecular formula is C30H48O10. The molecule has 0 spiro atoms. The van der Waals surface area contributed by atoms with E-state index in [1.807, 2.05) is 0 Å². The highest BCUT2D eigenvalue weighted by Gasteiger charge is 2.46. The fraction of sp³-hybridized carbons (Fsp3) is 0.767. The average Bonchev–Trinajstić information content (AvgIpc) is 3.17. The van der Waals surface area contributed by atoms with Gasteiger partial charge in [-0.1, -0.05) is 96.8 Å². The molecule has 10 nitrogen and oxygen atoms in total. The molecule has 0 amide bonds. The van der Waals surface area contributed by atoms with E-state index < -0.39 is 60.2 Å². The van der Waals surface area contributed by atoms with Gasteiger partial charge in [0.25, 0.3) is 5.76 Å². The Balaban J connectivity index is 2.33. The van der Waals surface area contributed by atoms with Crippen molar-refractivity contribution in [3.8, 4) is 0 Å². The zero-order chi connectivity index (χ0) is 29.8. The molecule has 0 aromatic carbocycles. The summed E-state index contributed by atoms with van der Waals surface area (Å²) in [6.07, 6.45) is 15.8. The van der Waals surface area contributed by atoms with E-state index in [0.717, 1.165) is 40.0 Å². The van der Waals surface area contributed by atoms with Crippen molar-refractivity contribution in [2.24, 2.45) is 0 Å². The van der Waals surface area contributed by atoms with Crippen LogP contribution in [0.1, 0.15) is 130 Å². The average molecular weight is 569 g/mol. The van der Waals surface area contributed by atoms with Crippen LogP contribution < -0.4 is 0 Å². The maximum Gasteiger partial charge on any atom is 0.379 e. The van der Waals surface area contributed by atoms with Gasteiger partial charge >= 0.3 is 29.8 Å². The number of esters is 5. The van der Waals surface area contributed by atoms with Gasteiger partial charge in [0.2, 0.25) is 11.9 Å². The maximum atomic E-state index is 12.3. The van der Waals surface area contributed by atoms with Crippen molar-refractivity contribution in [3.63, 3.8) is 0 Å². The molecule has 0 radical (unpaired) electrons. The Morgan fingerprint density at radius 3 is 1.62 bits per heavy atom. The van der Waals surface area contributed by atoms with Gasteiger partial charge < -0.3 is 23.7 Å². The number of unbranched alkanes of at least 4 members (excludes halogenated alkanes) is 14. The third-order valence-electron chi connectivity index (χ3n) is 6.45. The van der Waals surface area contributed by atoms with Gasteiger partial charge in [0, 0.05) is 27.2 Å². The first-order valence-corrected chi connectivity index (χ1v) is 14.8. The van der Waals surface area contributed by atoms with E-state index in [2.05, 4.69) is 6.92 Å². The lowest BCUT2D eigenvalue weighted by Gasteiger charge is -2.23. The van der Waals surface area contributed by atoms with E-state index in [1.165, 1.54) is 70.6 Å². The van der Waals surface area contributed by atoms with Crippen molar-refractivity contribution < 1.29 is 47.7 Å². The predicted octanol–water partition coefficient (Wildman–Crippen LogP) is 5.99. The Bertz CT molecular complexity index is 847. The van der Waals surface area contributed by atoms with Crippen molar-refractivity contribution in [3.05, 3.63) is 11.5 Å². The van der Waals surface area contributed by atoms with E-state index in [4.69, 9.17) is 23.7 Å². The summed E-state index contributed by atoms with van der Waals surface area (Å²) < 4.78 is 25.4. The van der Waals surface area contributed by atoms with Crippen LogP contribution in [-0.4, -0.2) is 48.7 Å². The first-order chi connectivity index (χ1) is 19.1. The standard InChI is InChI=1S/C30H48O10/c1-5-6-7-8-9-10-11-12-13-14-15-16-17-18-19-20-26(34)36-21-25(37-22(2)31)27-28(38-23(3)32)29(30(35)40-27)39-24(4)33/h25,27H,5-21H2,1-4H3/t25-,27+/m0/s1. The van der Waals surface area contributed by atoms with Crippen molar-refractivity contribution >= 4 is 29.8 Å². The molecule has 228 valence electrons. The summed E-state index contributed by atoms with van der Waals surface area (Å²) >= 11 is 0. The van der Waals surface area contributed by atoms with E-state index in [0.29, 0.717) is 6.42 Å². The highest BCUT2D eigenvalue weighted by molar-refractivity contribution is 5.93. The number of carbonyl (C=O) groups excluding carboxylic acids is 5. The van der Waals surface area contributed by atoms with Gasteiger partial charge in [-0.25, -0.2) is 4.79 Å². The van der Waals surface area contributed by atoms with Crippen LogP contribution in [0.15, 0.2) is 11.5 Å². The largest absolute Gasteiger partial charge is 0.462 e. The zero-order valence-electron chi connectivity index (χ0n) is 24.8. The maximum absolute atomic E-state index is 12.3. The van der Waals surface area contributed by atoms with Crippen molar-refractivity contribution in [1.82, 2.24) is 0 Å². The summed E-state index contributed by atoms with van der Waals surface area (Å²) in [5.41, 5.74) is 0. The Labute approximate surface area is 238 Å². The molecule has 0 aromatic heterocycles. The minimum Gasteiger partial charge on any atom is -0.462 e. The van der Waals surface area contributed by atoms with Crippen LogP contribution in [0.4, 0.5) is 0 Å². The van der Waals surface area contributed by atoms with Gasteiger partial charge in [-0.15, -0.1) is 0 Å². The van der Waals surface area contributed by atoms with Gasteiger partial charge in [-0.3, -0.25) is 19.2 Å². The molecule has 1 aliphatic heterocycles. The third-order valence-corrected chi connectivity index (χ3v) is 6.45. The number of hydrogen-bond acceptors (Lipinski definition) is 10. The highest BCUT2D eigenvalue weighted by atomic mass is 16.7. The zero-order valence-corrected chi connectivity index (χ0v) is 24.8. The lowest BCUT2D eigenvalue weighted by atomic mass is 10.0. The second-order valence-electron chi connectivity index (χ2n) is 10.2. The molecule has 0 fully saturated rings. The van der Waals surface area contributed by atoms with E-state index in [-0.39, 0.29) is 6.42 Å². The summed E-state index contributed by atoms with van der Waals surface area (Å²) in [5.74, 6) is -4.98. The van der Waals surface area contributed by atoms with Gasteiger partial charge in [0.05, 0.1) is 0 Å². The molecule has 0 aliphatic carbocycles. The molecule has 1 heterocycles. The second kappa shape index (κ2) is 20.9.